The summed E-state index contributed by atoms with van der Waals surface area (Å²) in [5, 5.41) is 14.7. The topological polar surface area (TPSA) is 131 Å². The van der Waals surface area contributed by atoms with Crippen molar-refractivity contribution in [3.63, 3.8) is 0 Å². The van der Waals surface area contributed by atoms with Crippen molar-refractivity contribution in [1.82, 2.24) is 4.90 Å². The molecular weight excluding hydrogens is 484 g/mol. The second kappa shape index (κ2) is 9.05. The summed E-state index contributed by atoms with van der Waals surface area (Å²) in [6.07, 6.45) is 3.97. The van der Waals surface area contributed by atoms with Gasteiger partial charge in [0.15, 0.2) is 0 Å². The number of aliphatic carboxylic acids is 1. The van der Waals surface area contributed by atoms with E-state index in [9.17, 15) is 23.1 Å². The van der Waals surface area contributed by atoms with Crippen LogP contribution in [0.4, 0.5) is 0 Å². The zero-order valence-electron chi connectivity index (χ0n) is 17.7. The third-order valence-electron chi connectivity index (χ3n) is 5.79. The monoisotopic (exact) mass is 506 g/mol. The molecule has 11 heteroatoms. The Hall–Kier alpha value is -2.47. The SMILES string of the molecule is Cc1ccc(-c2ccc(/C=C3/SC(=S)N(C4CCCC(C(=O)O)C4)C3=O)o2)c(S(N)(=O)=O)c1. The number of nitrogens with two attached hydrogens (primary N) is 1. The number of benzene rings is 1. The first kappa shape index (κ1) is 23.7. The fraction of sp³-hybridized carbons (Fsp3) is 0.318. The fourth-order valence-electron chi connectivity index (χ4n) is 4.19. The number of rotatable bonds is 5. The minimum atomic E-state index is -3.96. The van der Waals surface area contributed by atoms with Crippen LogP contribution in [-0.2, 0) is 19.6 Å². The third kappa shape index (κ3) is 4.91. The smallest absolute Gasteiger partial charge is 0.306 e. The average molecular weight is 507 g/mol. The number of furan rings is 1. The second-order valence-electron chi connectivity index (χ2n) is 8.15. The lowest BCUT2D eigenvalue weighted by molar-refractivity contribution is -0.144. The van der Waals surface area contributed by atoms with Crippen LogP contribution in [0.5, 0.6) is 0 Å². The summed E-state index contributed by atoms with van der Waals surface area (Å²) >= 11 is 6.56. The summed E-state index contributed by atoms with van der Waals surface area (Å²) in [4.78, 5) is 26.3. The van der Waals surface area contributed by atoms with Gasteiger partial charge in [0.2, 0.25) is 10.0 Å². The maximum Gasteiger partial charge on any atom is 0.306 e. The number of carboxylic acids is 1. The van der Waals surface area contributed by atoms with Crippen molar-refractivity contribution in [2.45, 2.75) is 43.5 Å². The molecule has 2 atom stereocenters. The van der Waals surface area contributed by atoms with Gasteiger partial charge >= 0.3 is 5.97 Å². The molecule has 4 rings (SSSR count). The van der Waals surface area contributed by atoms with Crippen LogP contribution in [0.1, 0.15) is 37.0 Å². The van der Waals surface area contributed by atoms with Crippen LogP contribution in [0.2, 0.25) is 0 Å². The Morgan fingerprint density at radius 3 is 2.76 bits per heavy atom. The predicted octanol–water partition coefficient (Wildman–Crippen LogP) is 3.75. The summed E-state index contributed by atoms with van der Waals surface area (Å²) in [6.45, 7) is 1.76. The van der Waals surface area contributed by atoms with Gasteiger partial charge in [-0.05, 0) is 56.0 Å². The molecule has 0 spiro atoms. The van der Waals surface area contributed by atoms with Crippen molar-refractivity contribution in [3.8, 4) is 11.3 Å². The van der Waals surface area contributed by atoms with Crippen molar-refractivity contribution < 1.29 is 27.5 Å². The van der Waals surface area contributed by atoms with E-state index in [2.05, 4.69) is 0 Å². The minimum Gasteiger partial charge on any atom is -0.481 e. The Bertz CT molecular complexity index is 1280. The number of thioether (sulfide) groups is 1. The summed E-state index contributed by atoms with van der Waals surface area (Å²) in [5.74, 6) is -0.943. The Balaban J connectivity index is 1.59. The van der Waals surface area contributed by atoms with Crippen LogP contribution in [0.15, 0.2) is 44.5 Å². The highest BCUT2D eigenvalue weighted by Gasteiger charge is 2.40. The molecule has 1 saturated heterocycles. The normalized spacial score (nSPS) is 22.8. The van der Waals surface area contributed by atoms with E-state index < -0.39 is 21.9 Å². The molecule has 2 aromatic rings. The quantitative estimate of drug-likeness (QED) is 0.463. The number of aryl methyl sites for hydroxylation is 1. The molecule has 1 saturated carbocycles. The Morgan fingerprint density at radius 2 is 2.06 bits per heavy atom. The molecule has 2 unspecified atom stereocenters. The number of hydrogen-bond acceptors (Lipinski definition) is 7. The molecule has 1 aliphatic carbocycles. The summed E-state index contributed by atoms with van der Waals surface area (Å²) in [7, 11) is -3.96. The molecule has 33 heavy (non-hydrogen) atoms. The highest BCUT2D eigenvalue weighted by molar-refractivity contribution is 8.26. The molecule has 3 N–H and O–H groups in total. The van der Waals surface area contributed by atoms with Gasteiger partial charge in [0, 0.05) is 17.7 Å². The molecule has 2 heterocycles. The number of sulfonamides is 1. The minimum absolute atomic E-state index is 0.0417. The Labute approximate surface area is 200 Å². The van der Waals surface area contributed by atoms with Gasteiger partial charge in [-0.25, -0.2) is 13.6 Å². The van der Waals surface area contributed by atoms with Gasteiger partial charge in [-0.3, -0.25) is 14.5 Å². The van der Waals surface area contributed by atoms with Crippen molar-refractivity contribution in [2.24, 2.45) is 11.1 Å². The van der Waals surface area contributed by atoms with Gasteiger partial charge in [0.25, 0.3) is 5.91 Å². The number of carboxylic acid groups (broad SMARTS) is 1. The Kier molecular flexibility index (Phi) is 6.50. The first-order valence-corrected chi connectivity index (χ1v) is 13.0. The van der Waals surface area contributed by atoms with Crippen LogP contribution in [-0.4, -0.2) is 40.7 Å². The van der Waals surface area contributed by atoms with Crippen LogP contribution in [0.3, 0.4) is 0 Å². The number of nitrogens with zero attached hydrogens (tertiary/aromatic N) is 1. The van der Waals surface area contributed by atoms with E-state index in [0.717, 1.165) is 23.7 Å². The van der Waals surface area contributed by atoms with Crippen molar-refractivity contribution in [3.05, 3.63) is 46.6 Å². The van der Waals surface area contributed by atoms with E-state index in [1.54, 1.807) is 37.3 Å². The van der Waals surface area contributed by atoms with Crippen LogP contribution >= 0.6 is 24.0 Å². The van der Waals surface area contributed by atoms with Gasteiger partial charge in [0.1, 0.15) is 15.8 Å². The van der Waals surface area contributed by atoms with E-state index in [1.807, 2.05) is 0 Å². The molecule has 8 nitrogen and oxygen atoms in total. The second-order valence-corrected chi connectivity index (χ2v) is 11.4. The van der Waals surface area contributed by atoms with Crippen molar-refractivity contribution in [1.29, 1.82) is 0 Å². The number of amides is 1. The van der Waals surface area contributed by atoms with Crippen LogP contribution in [0.25, 0.3) is 17.4 Å². The average Bonchev–Trinajstić information content (AvgIpc) is 3.31. The maximum atomic E-state index is 13.1. The zero-order chi connectivity index (χ0) is 23.9. The fourth-order valence-corrected chi connectivity index (χ4v) is 6.40. The molecule has 174 valence electrons. The Morgan fingerprint density at radius 1 is 1.30 bits per heavy atom. The lowest BCUT2D eigenvalue weighted by Gasteiger charge is -2.32. The molecule has 1 aromatic heterocycles. The van der Waals surface area contributed by atoms with E-state index in [-0.39, 0.29) is 16.8 Å². The van der Waals surface area contributed by atoms with E-state index >= 15 is 0 Å². The number of thiocarbonyl (C=S) groups is 1. The number of carbonyl (C=O) groups is 2. The van der Waals surface area contributed by atoms with Crippen LogP contribution < -0.4 is 5.14 Å². The standard InChI is InChI=1S/C22H22N2O6S3/c1-12-5-7-16(19(9-12)33(23,28)29)17-8-6-15(30-17)11-18-20(25)24(22(31)32-18)14-4-2-3-13(10-14)21(26)27/h5-9,11,13-14H,2-4,10H2,1H3,(H,26,27)(H2,23,28,29)/b18-11+. The van der Waals surface area contributed by atoms with Gasteiger partial charge in [-0.1, -0.05) is 36.5 Å². The van der Waals surface area contributed by atoms with Crippen LogP contribution in [0, 0.1) is 12.8 Å². The molecule has 2 aliphatic rings. The predicted molar refractivity (Wildman–Crippen MR) is 129 cm³/mol. The summed E-state index contributed by atoms with van der Waals surface area (Å²) in [5.41, 5.74) is 1.07. The van der Waals surface area contributed by atoms with Gasteiger partial charge in [-0.15, -0.1) is 0 Å². The molecule has 0 bridgehead atoms. The largest absolute Gasteiger partial charge is 0.481 e. The lowest BCUT2D eigenvalue weighted by Crippen LogP contribution is -2.42. The first-order chi connectivity index (χ1) is 15.5. The molecule has 0 radical (unpaired) electrons. The van der Waals surface area contributed by atoms with Gasteiger partial charge in [-0.2, -0.15) is 0 Å². The lowest BCUT2D eigenvalue weighted by atomic mass is 9.85. The molecule has 2 fully saturated rings. The van der Waals surface area contributed by atoms with Gasteiger partial charge < -0.3 is 9.52 Å². The van der Waals surface area contributed by atoms with E-state index in [1.165, 1.54) is 11.0 Å². The third-order valence-corrected chi connectivity index (χ3v) is 8.07. The molecule has 1 aliphatic heterocycles. The number of primary sulfonamides is 1. The van der Waals surface area contributed by atoms with E-state index in [0.29, 0.717) is 45.6 Å². The van der Waals surface area contributed by atoms with E-state index in [4.69, 9.17) is 21.8 Å². The highest BCUT2D eigenvalue weighted by atomic mass is 32.2. The van der Waals surface area contributed by atoms with Crippen molar-refractivity contribution in [2.75, 3.05) is 0 Å². The molecule has 1 aromatic carbocycles. The zero-order valence-corrected chi connectivity index (χ0v) is 20.1. The summed E-state index contributed by atoms with van der Waals surface area (Å²) < 4.78 is 30.2. The van der Waals surface area contributed by atoms with Crippen molar-refractivity contribution >= 4 is 56.3 Å². The highest BCUT2D eigenvalue weighted by Crippen LogP contribution is 2.39. The first-order valence-electron chi connectivity index (χ1n) is 10.3. The maximum absolute atomic E-state index is 13.1. The number of hydrogen-bond donors (Lipinski definition) is 2. The summed E-state index contributed by atoms with van der Waals surface area (Å²) in [6, 6.07) is 7.87. The van der Waals surface area contributed by atoms with Gasteiger partial charge in [0.05, 0.1) is 15.7 Å². The number of carbonyl (C=O) groups excluding carboxylic acids is 1. The molecular formula is C22H22N2O6S3. The molecule has 1 amide bonds.